The summed E-state index contributed by atoms with van der Waals surface area (Å²) in [5.41, 5.74) is 5.89. The molecule has 2 N–H and O–H groups in total. The Morgan fingerprint density at radius 2 is 2.22 bits per heavy atom. The third kappa shape index (κ3) is 4.82. The molecule has 3 atom stereocenters. The molecule has 0 bridgehead atoms. The van der Waals surface area contributed by atoms with Crippen LogP contribution in [0.15, 0.2) is 0 Å². The normalized spacial score (nSPS) is 27.3. The van der Waals surface area contributed by atoms with Gasteiger partial charge in [0.2, 0.25) is 0 Å². The molecule has 1 heterocycles. The SMILES string of the molecule is CCC1COC(C)CN1C(CN)COCCOC. The Kier molecular flexibility index (Phi) is 7.77. The van der Waals surface area contributed by atoms with Crippen molar-refractivity contribution in [2.45, 2.75) is 38.5 Å². The Morgan fingerprint density at radius 1 is 1.44 bits per heavy atom. The minimum atomic E-state index is 0.276. The van der Waals surface area contributed by atoms with Crippen molar-refractivity contribution in [3.63, 3.8) is 0 Å². The van der Waals surface area contributed by atoms with Crippen molar-refractivity contribution in [2.75, 3.05) is 46.6 Å². The van der Waals surface area contributed by atoms with E-state index in [0.29, 0.717) is 32.4 Å². The highest BCUT2D eigenvalue weighted by Gasteiger charge is 2.30. The van der Waals surface area contributed by atoms with Crippen LogP contribution in [0.4, 0.5) is 0 Å². The zero-order valence-corrected chi connectivity index (χ0v) is 11.9. The van der Waals surface area contributed by atoms with Crippen LogP contribution in [0.25, 0.3) is 0 Å². The van der Waals surface area contributed by atoms with Crippen LogP contribution in [0.1, 0.15) is 20.3 Å². The van der Waals surface area contributed by atoms with E-state index in [0.717, 1.165) is 19.6 Å². The number of methoxy groups -OCH3 is 1. The van der Waals surface area contributed by atoms with E-state index >= 15 is 0 Å². The quantitative estimate of drug-likeness (QED) is 0.643. The minimum absolute atomic E-state index is 0.276. The summed E-state index contributed by atoms with van der Waals surface area (Å²) in [5, 5.41) is 0. The first kappa shape index (κ1) is 15.9. The standard InChI is InChI=1S/C13H28N2O3/c1-4-12-10-18-11(2)8-15(12)13(7-14)9-17-6-5-16-3/h11-13H,4-10,14H2,1-3H3. The fraction of sp³-hybridized carbons (Fsp3) is 1.00. The number of ether oxygens (including phenoxy) is 3. The molecule has 1 rings (SSSR count). The summed E-state index contributed by atoms with van der Waals surface area (Å²) < 4.78 is 16.3. The molecular formula is C13H28N2O3. The molecule has 0 amide bonds. The molecule has 0 aromatic carbocycles. The van der Waals surface area contributed by atoms with Gasteiger partial charge in [0.25, 0.3) is 0 Å². The molecule has 0 spiro atoms. The highest BCUT2D eigenvalue weighted by Crippen LogP contribution is 2.17. The first-order valence-electron chi connectivity index (χ1n) is 6.87. The molecule has 0 aromatic rings. The maximum atomic E-state index is 5.89. The van der Waals surface area contributed by atoms with Gasteiger partial charge in [-0.3, -0.25) is 4.90 Å². The zero-order valence-electron chi connectivity index (χ0n) is 11.9. The van der Waals surface area contributed by atoms with Crippen LogP contribution in [-0.2, 0) is 14.2 Å². The molecule has 0 saturated carbocycles. The smallest absolute Gasteiger partial charge is 0.0701 e. The third-order valence-electron chi connectivity index (χ3n) is 3.46. The number of morpholine rings is 1. The molecule has 1 saturated heterocycles. The summed E-state index contributed by atoms with van der Waals surface area (Å²) >= 11 is 0. The topological polar surface area (TPSA) is 57.0 Å². The van der Waals surface area contributed by atoms with Gasteiger partial charge in [0.05, 0.1) is 32.5 Å². The first-order valence-corrected chi connectivity index (χ1v) is 6.87. The van der Waals surface area contributed by atoms with E-state index in [1.54, 1.807) is 7.11 Å². The van der Waals surface area contributed by atoms with Crippen molar-refractivity contribution in [1.82, 2.24) is 4.90 Å². The van der Waals surface area contributed by atoms with E-state index in [1.807, 2.05) is 0 Å². The van der Waals surface area contributed by atoms with Gasteiger partial charge in [-0.15, -0.1) is 0 Å². The van der Waals surface area contributed by atoms with Crippen LogP contribution in [0.2, 0.25) is 0 Å². The zero-order chi connectivity index (χ0) is 13.4. The molecule has 0 aromatic heterocycles. The predicted molar refractivity (Wildman–Crippen MR) is 71.7 cm³/mol. The summed E-state index contributed by atoms with van der Waals surface area (Å²) in [5.74, 6) is 0. The van der Waals surface area contributed by atoms with Crippen LogP contribution in [0.3, 0.4) is 0 Å². The number of hydrogen-bond acceptors (Lipinski definition) is 5. The van der Waals surface area contributed by atoms with Gasteiger partial charge in [-0.05, 0) is 13.3 Å². The lowest BCUT2D eigenvalue weighted by molar-refractivity contribution is -0.0845. The average Bonchev–Trinajstić information content (AvgIpc) is 2.39. The molecule has 0 aliphatic carbocycles. The van der Waals surface area contributed by atoms with E-state index in [9.17, 15) is 0 Å². The molecule has 1 aliphatic heterocycles. The van der Waals surface area contributed by atoms with Crippen LogP contribution in [0, 0.1) is 0 Å². The van der Waals surface area contributed by atoms with Gasteiger partial charge in [0.1, 0.15) is 0 Å². The molecule has 5 heteroatoms. The minimum Gasteiger partial charge on any atom is -0.382 e. The van der Waals surface area contributed by atoms with Crippen molar-refractivity contribution in [1.29, 1.82) is 0 Å². The Balaban J connectivity index is 2.44. The van der Waals surface area contributed by atoms with Crippen molar-refractivity contribution in [2.24, 2.45) is 5.73 Å². The maximum absolute atomic E-state index is 5.89. The molecular weight excluding hydrogens is 232 g/mol. The lowest BCUT2D eigenvalue weighted by Crippen LogP contribution is -2.56. The summed E-state index contributed by atoms with van der Waals surface area (Å²) in [6, 6.07) is 0.735. The van der Waals surface area contributed by atoms with Gasteiger partial charge in [0, 0.05) is 32.3 Å². The largest absolute Gasteiger partial charge is 0.382 e. The van der Waals surface area contributed by atoms with Crippen LogP contribution < -0.4 is 5.73 Å². The van der Waals surface area contributed by atoms with Crippen LogP contribution in [0.5, 0.6) is 0 Å². The molecule has 18 heavy (non-hydrogen) atoms. The second-order valence-corrected chi connectivity index (χ2v) is 4.86. The van der Waals surface area contributed by atoms with Gasteiger partial charge in [-0.25, -0.2) is 0 Å². The van der Waals surface area contributed by atoms with E-state index in [-0.39, 0.29) is 12.1 Å². The maximum Gasteiger partial charge on any atom is 0.0701 e. The Hall–Kier alpha value is -0.200. The molecule has 1 fully saturated rings. The van der Waals surface area contributed by atoms with E-state index in [1.165, 1.54) is 0 Å². The molecule has 5 nitrogen and oxygen atoms in total. The van der Waals surface area contributed by atoms with Gasteiger partial charge < -0.3 is 19.9 Å². The summed E-state index contributed by atoms with van der Waals surface area (Å²) in [6.45, 7) is 8.59. The third-order valence-corrected chi connectivity index (χ3v) is 3.46. The van der Waals surface area contributed by atoms with E-state index < -0.39 is 0 Å². The number of rotatable bonds is 8. The molecule has 0 radical (unpaired) electrons. The average molecular weight is 260 g/mol. The lowest BCUT2D eigenvalue weighted by Gasteiger charge is -2.42. The first-order chi connectivity index (χ1) is 8.72. The van der Waals surface area contributed by atoms with Crippen molar-refractivity contribution >= 4 is 0 Å². The van der Waals surface area contributed by atoms with Crippen molar-refractivity contribution in [3.8, 4) is 0 Å². The predicted octanol–water partition coefficient (Wildman–Crippen LogP) is 0.476. The number of nitrogens with two attached hydrogens (primary N) is 1. The summed E-state index contributed by atoms with van der Waals surface area (Å²) in [6.07, 6.45) is 1.36. The molecule has 3 unspecified atom stereocenters. The molecule has 108 valence electrons. The van der Waals surface area contributed by atoms with Crippen molar-refractivity contribution in [3.05, 3.63) is 0 Å². The fourth-order valence-corrected chi connectivity index (χ4v) is 2.33. The second kappa shape index (κ2) is 8.82. The fourth-order valence-electron chi connectivity index (χ4n) is 2.33. The van der Waals surface area contributed by atoms with Gasteiger partial charge in [0.15, 0.2) is 0 Å². The number of hydrogen-bond donors (Lipinski definition) is 1. The van der Waals surface area contributed by atoms with E-state index in [4.69, 9.17) is 19.9 Å². The van der Waals surface area contributed by atoms with Crippen LogP contribution >= 0.6 is 0 Å². The van der Waals surface area contributed by atoms with E-state index in [2.05, 4.69) is 18.7 Å². The Labute approximate surface area is 111 Å². The Morgan fingerprint density at radius 3 is 2.83 bits per heavy atom. The van der Waals surface area contributed by atoms with Gasteiger partial charge in [-0.1, -0.05) is 6.92 Å². The lowest BCUT2D eigenvalue weighted by atomic mass is 10.1. The second-order valence-electron chi connectivity index (χ2n) is 4.86. The Bertz CT molecular complexity index is 216. The van der Waals surface area contributed by atoms with Gasteiger partial charge >= 0.3 is 0 Å². The van der Waals surface area contributed by atoms with Crippen LogP contribution in [-0.4, -0.2) is 69.7 Å². The highest BCUT2D eigenvalue weighted by molar-refractivity contribution is 4.84. The highest BCUT2D eigenvalue weighted by atomic mass is 16.5. The monoisotopic (exact) mass is 260 g/mol. The number of nitrogens with zero attached hydrogens (tertiary/aromatic N) is 1. The van der Waals surface area contributed by atoms with Gasteiger partial charge in [-0.2, -0.15) is 0 Å². The molecule has 1 aliphatic rings. The summed E-state index contributed by atoms with van der Waals surface area (Å²) in [7, 11) is 1.68. The van der Waals surface area contributed by atoms with Crippen molar-refractivity contribution < 1.29 is 14.2 Å². The summed E-state index contributed by atoms with van der Waals surface area (Å²) in [4.78, 5) is 2.45.